The first-order valence-electron chi connectivity index (χ1n) is 12.7. The number of H-pyrrole nitrogens is 2. The third-order valence-corrected chi connectivity index (χ3v) is 7.09. The predicted molar refractivity (Wildman–Crippen MR) is 144 cm³/mol. The summed E-state index contributed by atoms with van der Waals surface area (Å²) in [6.07, 6.45) is 2.54. The van der Waals surface area contributed by atoms with Gasteiger partial charge < -0.3 is 10.1 Å². The zero-order valence-electron chi connectivity index (χ0n) is 21.2. The number of rotatable bonds is 5. The van der Waals surface area contributed by atoms with Crippen molar-refractivity contribution in [1.82, 2.24) is 30.7 Å². The molecule has 2 atom stereocenters. The summed E-state index contributed by atoms with van der Waals surface area (Å²) in [4.78, 5) is 4.73. The van der Waals surface area contributed by atoms with Gasteiger partial charge in [0.25, 0.3) is 0 Å². The molecule has 3 N–H and O–H groups in total. The molecule has 1 fully saturated rings. The van der Waals surface area contributed by atoms with E-state index in [1.807, 2.05) is 12.1 Å². The molecule has 7 nitrogen and oxygen atoms in total. The first kappa shape index (κ1) is 22.7. The SMILES string of the molecule is CC(Oc1ccc2cc(-c3n[nH]c4ccc(-c5n[nH]c(C(C)(C)C)n5)cc34)ccc2c1)C1CCCN1. The van der Waals surface area contributed by atoms with Crippen LogP contribution < -0.4 is 10.1 Å². The average Bonchev–Trinajstić information content (AvgIpc) is 3.64. The van der Waals surface area contributed by atoms with Crippen LogP contribution in [0.15, 0.2) is 54.6 Å². The Morgan fingerprint density at radius 2 is 1.72 bits per heavy atom. The Morgan fingerprint density at radius 3 is 2.50 bits per heavy atom. The monoisotopic (exact) mass is 480 g/mol. The van der Waals surface area contributed by atoms with Gasteiger partial charge in [-0.05, 0) is 73.5 Å². The van der Waals surface area contributed by atoms with Crippen molar-refractivity contribution in [2.75, 3.05) is 6.54 Å². The first-order chi connectivity index (χ1) is 17.3. The number of benzene rings is 3. The lowest BCUT2D eigenvalue weighted by atomic mass is 9.96. The van der Waals surface area contributed by atoms with E-state index in [-0.39, 0.29) is 11.5 Å². The third-order valence-electron chi connectivity index (χ3n) is 7.09. The highest BCUT2D eigenvalue weighted by Gasteiger charge is 2.22. The molecule has 3 aromatic carbocycles. The van der Waals surface area contributed by atoms with Crippen LogP contribution in [-0.4, -0.2) is 44.1 Å². The Morgan fingerprint density at radius 1 is 0.917 bits per heavy atom. The van der Waals surface area contributed by atoms with E-state index in [2.05, 4.69) is 95.9 Å². The van der Waals surface area contributed by atoms with Gasteiger partial charge in [0.2, 0.25) is 0 Å². The maximum Gasteiger partial charge on any atom is 0.181 e. The summed E-state index contributed by atoms with van der Waals surface area (Å²) in [5, 5.41) is 22.3. The van der Waals surface area contributed by atoms with Crippen molar-refractivity contribution in [2.45, 2.75) is 58.1 Å². The van der Waals surface area contributed by atoms with Crippen molar-refractivity contribution in [3.63, 3.8) is 0 Å². The lowest BCUT2D eigenvalue weighted by Gasteiger charge is -2.21. The quantitative estimate of drug-likeness (QED) is 0.288. The molecule has 3 heterocycles. The van der Waals surface area contributed by atoms with Crippen molar-refractivity contribution in [3.8, 4) is 28.4 Å². The molecule has 0 radical (unpaired) electrons. The second-order valence-electron chi connectivity index (χ2n) is 10.8. The summed E-state index contributed by atoms with van der Waals surface area (Å²) >= 11 is 0. The zero-order valence-corrected chi connectivity index (χ0v) is 21.2. The zero-order chi connectivity index (χ0) is 24.9. The lowest BCUT2D eigenvalue weighted by molar-refractivity contribution is 0.180. The molecule has 184 valence electrons. The molecular weight excluding hydrogens is 448 g/mol. The number of nitrogens with one attached hydrogen (secondary N) is 3. The molecule has 0 bridgehead atoms. The number of nitrogens with zero attached hydrogens (tertiary/aromatic N) is 3. The van der Waals surface area contributed by atoms with Crippen molar-refractivity contribution in [2.24, 2.45) is 0 Å². The number of ether oxygens (including phenoxy) is 1. The standard InChI is InChI=1S/C29H32N6O/c1-17(24-6-5-13-30-24)36-22-11-9-18-14-20(8-7-19(18)15-22)26-23-16-21(10-12-25(23)32-33-26)27-31-28(35-34-27)29(2,3)4/h7-12,14-17,24,30H,5-6,13H2,1-4H3,(H,32,33)(H,31,34,35). The van der Waals surface area contributed by atoms with E-state index in [0.717, 1.165) is 56.6 Å². The fourth-order valence-electron chi connectivity index (χ4n) is 4.95. The second kappa shape index (κ2) is 8.75. The Hall–Kier alpha value is -3.71. The Kier molecular flexibility index (Phi) is 5.52. The molecule has 1 saturated heterocycles. The molecule has 36 heavy (non-hydrogen) atoms. The van der Waals surface area contributed by atoms with Gasteiger partial charge in [-0.2, -0.15) is 10.2 Å². The molecular formula is C29H32N6O. The van der Waals surface area contributed by atoms with Crippen LogP contribution in [0.5, 0.6) is 5.75 Å². The highest BCUT2D eigenvalue weighted by atomic mass is 16.5. The van der Waals surface area contributed by atoms with E-state index >= 15 is 0 Å². The summed E-state index contributed by atoms with van der Waals surface area (Å²) in [6, 6.07) is 19.4. The van der Waals surface area contributed by atoms with Crippen LogP contribution >= 0.6 is 0 Å². The Balaban J connectivity index is 1.30. The summed E-state index contributed by atoms with van der Waals surface area (Å²) in [6.45, 7) is 9.60. The maximum atomic E-state index is 6.25. The van der Waals surface area contributed by atoms with Crippen LogP contribution in [0.25, 0.3) is 44.3 Å². The van der Waals surface area contributed by atoms with Gasteiger partial charge in [-0.1, -0.05) is 39.0 Å². The van der Waals surface area contributed by atoms with Crippen LogP contribution in [0.2, 0.25) is 0 Å². The third kappa shape index (κ3) is 4.24. The van der Waals surface area contributed by atoms with Crippen LogP contribution in [0.1, 0.15) is 46.4 Å². The molecule has 2 aromatic heterocycles. The molecule has 0 aliphatic carbocycles. The Bertz CT molecular complexity index is 1540. The van der Waals surface area contributed by atoms with E-state index in [9.17, 15) is 0 Å². The van der Waals surface area contributed by atoms with Crippen molar-refractivity contribution < 1.29 is 4.74 Å². The van der Waals surface area contributed by atoms with Crippen molar-refractivity contribution >= 4 is 21.7 Å². The minimum absolute atomic E-state index is 0.0857. The van der Waals surface area contributed by atoms with Gasteiger partial charge in [-0.3, -0.25) is 10.2 Å². The minimum Gasteiger partial charge on any atom is -0.489 e. The van der Waals surface area contributed by atoms with Crippen LogP contribution in [0, 0.1) is 0 Å². The minimum atomic E-state index is -0.0857. The van der Waals surface area contributed by atoms with Gasteiger partial charge in [-0.15, -0.1) is 0 Å². The van der Waals surface area contributed by atoms with Crippen LogP contribution in [0.4, 0.5) is 0 Å². The first-order valence-corrected chi connectivity index (χ1v) is 12.7. The summed E-state index contributed by atoms with van der Waals surface area (Å²) < 4.78 is 6.25. The largest absolute Gasteiger partial charge is 0.489 e. The summed E-state index contributed by atoms with van der Waals surface area (Å²) in [7, 11) is 0. The van der Waals surface area contributed by atoms with Gasteiger partial charge in [0.05, 0.1) is 11.2 Å². The molecule has 7 heteroatoms. The molecule has 0 spiro atoms. The second-order valence-corrected chi connectivity index (χ2v) is 10.8. The normalized spacial score (nSPS) is 17.2. The van der Waals surface area contributed by atoms with Crippen molar-refractivity contribution in [1.29, 1.82) is 0 Å². The van der Waals surface area contributed by atoms with Gasteiger partial charge in [0, 0.05) is 28.0 Å². The fraction of sp³-hybridized carbons (Fsp3) is 0.345. The maximum absolute atomic E-state index is 6.25. The number of hydrogen-bond acceptors (Lipinski definition) is 5. The smallest absolute Gasteiger partial charge is 0.181 e. The van der Waals surface area contributed by atoms with Gasteiger partial charge in [-0.25, -0.2) is 4.98 Å². The fourth-order valence-corrected chi connectivity index (χ4v) is 4.95. The van der Waals surface area contributed by atoms with E-state index < -0.39 is 0 Å². The topological polar surface area (TPSA) is 91.5 Å². The Labute approximate surface area is 210 Å². The number of fused-ring (bicyclic) bond motifs is 2. The summed E-state index contributed by atoms with van der Waals surface area (Å²) in [5.41, 5.74) is 3.84. The number of aromatic amines is 2. The number of hydrogen-bond donors (Lipinski definition) is 3. The van der Waals surface area contributed by atoms with Gasteiger partial charge in [0.15, 0.2) is 5.82 Å². The summed E-state index contributed by atoms with van der Waals surface area (Å²) in [5.74, 6) is 2.48. The molecule has 6 rings (SSSR count). The molecule has 2 unspecified atom stereocenters. The average molecular weight is 481 g/mol. The van der Waals surface area contributed by atoms with E-state index in [1.54, 1.807) is 0 Å². The molecule has 0 saturated carbocycles. The van der Waals surface area contributed by atoms with Gasteiger partial charge in [0.1, 0.15) is 17.7 Å². The van der Waals surface area contributed by atoms with E-state index in [4.69, 9.17) is 9.72 Å². The van der Waals surface area contributed by atoms with Crippen molar-refractivity contribution in [3.05, 3.63) is 60.4 Å². The molecule has 5 aromatic rings. The molecule has 1 aliphatic heterocycles. The van der Waals surface area contributed by atoms with E-state index in [1.165, 1.54) is 12.8 Å². The van der Waals surface area contributed by atoms with Gasteiger partial charge >= 0.3 is 0 Å². The predicted octanol–water partition coefficient (Wildman–Crippen LogP) is 5.99. The molecule has 1 aliphatic rings. The van der Waals surface area contributed by atoms with Crippen LogP contribution in [0.3, 0.4) is 0 Å². The van der Waals surface area contributed by atoms with E-state index in [0.29, 0.717) is 11.9 Å². The molecule has 0 amide bonds. The highest BCUT2D eigenvalue weighted by Crippen LogP contribution is 2.33. The number of aromatic nitrogens is 5. The van der Waals surface area contributed by atoms with Crippen LogP contribution in [-0.2, 0) is 5.41 Å². The lowest BCUT2D eigenvalue weighted by Crippen LogP contribution is -2.36. The highest BCUT2D eigenvalue weighted by molar-refractivity contribution is 5.97.